The topological polar surface area (TPSA) is 57.7 Å². The number of fused-ring (bicyclic) bond motifs is 1. The predicted molar refractivity (Wildman–Crippen MR) is 118 cm³/mol. The summed E-state index contributed by atoms with van der Waals surface area (Å²) in [6, 6.07) is 10.3. The first kappa shape index (κ1) is 19.8. The van der Waals surface area contributed by atoms with Gasteiger partial charge in [0.15, 0.2) is 0 Å². The van der Waals surface area contributed by atoms with Crippen molar-refractivity contribution in [3.8, 4) is 0 Å². The highest BCUT2D eigenvalue weighted by Gasteiger charge is 2.31. The summed E-state index contributed by atoms with van der Waals surface area (Å²) in [5.41, 5.74) is 0. The molecule has 2 aromatic rings. The van der Waals surface area contributed by atoms with Crippen LogP contribution in [-0.2, 0) is 9.53 Å². The van der Waals surface area contributed by atoms with Crippen LogP contribution >= 0.6 is 0 Å². The molecule has 2 saturated heterocycles. The van der Waals surface area contributed by atoms with Gasteiger partial charge in [0.25, 0.3) is 0 Å². The van der Waals surface area contributed by atoms with E-state index >= 15 is 0 Å². The third kappa shape index (κ3) is 4.76. The van der Waals surface area contributed by atoms with Crippen LogP contribution in [0.15, 0.2) is 36.5 Å². The lowest BCUT2D eigenvalue weighted by molar-refractivity contribution is -0.149. The second-order valence-electron chi connectivity index (χ2n) is 9.18. The number of piperidine rings is 1. The third-order valence-corrected chi connectivity index (χ3v) is 6.79. The standard InChI is InChI=1S/C24H32N4O2/c29-23-17-30-21(13-26-24-22-4-2-1-3-20(22)7-10-25-24)16-28(23)15-19-8-11-27(12-9-19)14-18-5-6-18/h1-4,7,10,18-19,21H,5-6,8-9,11-17H2,(H,25,26). The van der Waals surface area contributed by atoms with Crippen molar-refractivity contribution >= 4 is 22.5 Å². The number of hydrogen-bond donors (Lipinski definition) is 1. The van der Waals surface area contributed by atoms with Crippen LogP contribution in [0.4, 0.5) is 5.82 Å². The highest BCUT2D eigenvalue weighted by molar-refractivity contribution is 5.91. The van der Waals surface area contributed by atoms with Gasteiger partial charge in [-0.15, -0.1) is 0 Å². The van der Waals surface area contributed by atoms with Crippen molar-refractivity contribution in [3.05, 3.63) is 36.5 Å². The molecule has 3 aliphatic rings. The van der Waals surface area contributed by atoms with Crippen molar-refractivity contribution in [2.45, 2.75) is 31.8 Å². The van der Waals surface area contributed by atoms with Gasteiger partial charge >= 0.3 is 0 Å². The molecule has 1 atom stereocenters. The lowest BCUT2D eigenvalue weighted by Gasteiger charge is -2.38. The van der Waals surface area contributed by atoms with Crippen molar-refractivity contribution in [1.29, 1.82) is 0 Å². The Balaban J connectivity index is 1.13. The first-order valence-corrected chi connectivity index (χ1v) is 11.4. The molecule has 1 amide bonds. The predicted octanol–water partition coefficient (Wildman–Crippen LogP) is 3.00. The number of nitrogens with zero attached hydrogens (tertiary/aromatic N) is 3. The second-order valence-corrected chi connectivity index (χ2v) is 9.18. The Morgan fingerprint density at radius 1 is 1.03 bits per heavy atom. The Bertz CT molecular complexity index is 871. The van der Waals surface area contributed by atoms with E-state index in [0.29, 0.717) is 19.0 Å². The molecule has 0 bridgehead atoms. The number of nitrogens with one attached hydrogen (secondary N) is 1. The number of carbonyl (C=O) groups excluding carboxylic acids is 1. The fraction of sp³-hybridized carbons (Fsp3) is 0.583. The maximum atomic E-state index is 12.4. The van der Waals surface area contributed by atoms with Gasteiger partial charge in [-0.25, -0.2) is 4.98 Å². The van der Waals surface area contributed by atoms with Crippen LogP contribution in [0, 0.1) is 11.8 Å². The van der Waals surface area contributed by atoms with Crippen LogP contribution in [0.1, 0.15) is 25.7 Å². The first-order chi connectivity index (χ1) is 14.7. The van der Waals surface area contributed by atoms with E-state index in [-0.39, 0.29) is 18.6 Å². The number of carbonyl (C=O) groups is 1. The lowest BCUT2D eigenvalue weighted by atomic mass is 9.95. The molecular weight excluding hydrogens is 376 g/mol. The number of amides is 1. The van der Waals surface area contributed by atoms with Gasteiger partial charge in [0.1, 0.15) is 12.4 Å². The highest BCUT2D eigenvalue weighted by atomic mass is 16.5. The fourth-order valence-corrected chi connectivity index (χ4v) is 4.78. The second kappa shape index (κ2) is 8.90. The molecule has 1 aromatic heterocycles. The maximum Gasteiger partial charge on any atom is 0.248 e. The molecule has 1 unspecified atom stereocenters. The summed E-state index contributed by atoms with van der Waals surface area (Å²) in [4.78, 5) is 21.6. The van der Waals surface area contributed by atoms with Crippen LogP contribution in [0.2, 0.25) is 0 Å². The summed E-state index contributed by atoms with van der Waals surface area (Å²) >= 11 is 0. The average molecular weight is 409 g/mol. The van der Waals surface area contributed by atoms with E-state index in [0.717, 1.165) is 23.7 Å². The van der Waals surface area contributed by atoms with Crippen molar-refractivity contribution in [3.63, 3.8) is 0 Å². The van der Waals surface area contributed by atoms with E-state index in [9.17, 15) is 4.79 Å². The monoisotopic (exact) mass is 408 g/mol. The molecule has 6 nitrogen and oxygen atoms in total. The zero-order valence-electron chi connectivity index (χ0n) is 17.6. The summed E-state index contributed by atoms with van der Waals surface area (Å²) in [7, 11) is 0. The molecule has 5 rings (SSSR count). The van der Waals surface area contributed by atoms with Crippen LogP contribution in [0.5, 0.6) is 0 Å². The Hall–Kier alpha value is -2.18. The molecule has 1 saturated carbocycles. The van der Waals surface area contributed by atoms with Crippen molar-refractivity contribution < 1.29 is 9.53 Å². The quantitative estimate of drug-likeness (QED) is 0.763. The molecular formula is C24H32N4O2. The number of hydrogen-bond acceptors (Lipinski definition) is 5. The molecule has 1 N–H and O–H groups in total. The van der Waals surface area contributed by atoms with E-state index in [1.54, 1.807) is 0 Å². The molecule has 2 aliphatic heterocycles. The Kier molecular flexibility index (Phi) is 5.86. The van der Waals surface area contributed by atoms with Crippen LogP contribution in [0.25, 0.3) is 10.8 Å². The third-order valence-electron chi connectivity index (χ3n) is 6.79. The molecule has 3 fully saturated rings. The largest absolute Gasteiger partial charge is 0.367 e. The minimum atomic E-state index is -0.00146. The number of aromatic nitrogens is 1. The van der Waals surface area contributed by atoms with Crippen LogP contribution in [0.3, 0.4) is 0 Å². The van der Waals surface area contributed by atoms with Gasteiger partial charge in [-0.1, -0.05) is 24.3 Å². The number of morpholine rings is 1. The van der Waals surface area contributed by atoms with E-state index in [4.69, 9.17) is 4.74 Å². The number of likely N-dealkylation sites (tertiary alicyclic amines) is 1. The molecule has 6 heteroatoms. The van der Waals surface area contributed by atoms with Crippen LogP contribution < -0.4 is 5.32 Å². The van der Waals surface area contributed by atoms with Gasteiger partial charge in [-0.05, 0) is 62.1 Å². The maximum absolute atomic E-state index is 12.4. The van der Waals surface area contributed by atoms with Crippen LogP contribution in [-0.4, -0.2) is 72.7 Å². The molecule has 160 valence electrons. The Morgan fingerprint density at radius 2 is 1.83 bits per heavy atom. The number of anilines is 1. The normalized spacial score (nSPS) is 23.8. The summed E-state index contributed by atoms with van der Waals surface area (Å²) in [6.45, 7) is 6.07. The Labute approximate surface area is 178 Å². The lowest BCUT2D eigenvalue weighted by Crippen LogP contribution is -2.51. The van der Waals surface area contributed by atoms with E-state index in [1.165, 1.54) is 50.7 Å². The summed E-state index contributed by atoms with van der Waals surface area (Å²) in [5.74, 6) is 2.60. The van der Waals surface area contributed by atoms with E-state index in [1.807, 2.05) is 29.3 Å². The first-order valence-electron chi connectivity index (χ1n) is 11.4. The SMILES string of the molecule is O=C1COC(CNc2nccc3ccccc23)CN1CC1CCN(CC2CC2)CC1. The zero-order valence-corrected chi connectivity index (χ0v) is 17.6. The zero-order chi connectivity index (χ0) is 20.3. The minimum absolute atomic E-state index is 0.00146. The number of rotatable bonds is 7. The summed E-state index contributed by atoms with van der Waals surface area (Å²) < 4.78 is 5.82. The summed E-state index contributed by atoms with van der Waals surface area (Å²) in [6.07, 6.45) is 7.09. The van der Waals surface area contributed by atoms with E-state index < -0.39 is 0 Å². The minimum Gasteiger partial charge on any atom is -0.367 e. The number of benzene rings is 1. The molecule has 1 aromatic carbocycles. The Morgan fingerprint density at radius 3 is 2.67 bits per heavy atom. The number of ether oxygens (including phenoxy) is 1. The smallest absolute Gasteiger partial charge is 0.248 e. The van der Waals surface area contributed by atoms with E-state index in [2.05, 4.69) is 27.3 Å². The van der Waals surface area contributed by atoms with Gasteiger partial charge in [-0.2, -0.15) is 0 Å². The van der Waals surface area contributed by atoms with Crippen molar-refractivity contribution in [1.82, 2.24) is 14.8 Å². The fourth-order valence-electron chi connectivity index (χ4n) is 4.78. The van der Waals surface area contributed by atoms with Gasteiger partial charge < -0.3 is 19.9 Å². The molecule has 0 radical (unpaired) electrons. The summed E-state index contributed by atoms with van der Waals surface area (Å²) in [5, 5.41) is 5.73. The number of pyridine rings is 1. The van der Waals surface area contributed by atoms with Crippen molar-refractivity contribution in [2.75, 3.05) is 51.2 Å². The average Bonchev–Trinajstić information content (AvgIpc) is 3.59. The molecule has 1 aliphatic carbocycles. The highest BCUT2D eigenvalue weighted by Crippen LogP contribution is 2.31. The van der Waals surface area contributed by atoms with Gasteiger partial charge in [0.2, 0.25) is 5.91 Å². The molecule has 30 heavy (non-hydrogen) atoms. The van der Waals surface area contributed by atoms with Gasteiger partial charge in [0.05, 0.1) is 6.10 Å². The molecule has 3 heterocycles. The van der Waals surface area contributed by atoms with Gasteiger partial charge in [-0.3, -0.25) is 4.79 Å². The molecule has 0 spiro atoms. The van der Waals surface area contributed by atoms with Gasteiger partial charge in [0, 0.05) is 37.8 Å². The van der Waals surface area contributed by atoms with Crippen molar-refractivity contribution in [2.24, 2.45) is 11.8 Å².